The Morgan fingerprint density at radius 3 is 2.66 bits per heavy atom. The molecule has 0 radical (unpaired) electrons. The number of hydrogen-bond donors (Lipinski definition) is 4. The van der Waals surface area contributed by atoms with Gasteiger partial charge in [0.1, 0.15) is 5.75 Å². The van der Waals surface area contributed by atoms with E-state index in [0.29, 0.717) is 69.8 Å². The number of alkyl halides is 1. The minimum Gasteiger partial charge on any atom is -0.506 e. The van der Waals surface area contributed by atoms with Gasteiger partial charge in [0.25, 0.3) is 11.8 Å². The number of phenols is 1. The minimum absolute atomic E-state index is 0.0720. The van der Waals surface area contributed by atoms with Gasteiger partial charge in [0.15, 0.2) is 0 Å². The average Bonchev–Trinajstić information content (AvgIpc) is 3.79. The van der Waals surface area contributed by atoms with E-state index in [0.717, 1.165) is 27.8 Å². The van der Waals surface area contributed by atoms with Crippen molar-refractivity contribution in [3.05, 3.63) is 92.7 Å². The molecule has 7 rings (SSSR count). The van der Waals surface area contributed by atoms with Crippen LogP contribution < -0.4 is 16.0 Å². The Morgan fingerprint density at radius 1 is 1.11 bits per heavy atom. The SMILES string of the molecule is COC(=O)c1c(C)[nH]c2c(O)cc3c(c12)C(CCl)CN3C(=O)C1=Cc2cc(NC(=O)C3=Cc4cccc(N)c4C3)ccc2C1. The second-order valence-corrected chi connectivity index (χ2v) is 11.7. The summed E-state index contributed by atoms with van der Waals surface area (Å²) in [5, 5.41) is 14.4. The van der Waals surface area contributed by atoms with Crippen LogP contribution in [-0.2, 0) is 27.2 Å². The molecule has 0 saturated carbocycles. The number of nitrogens with two attached hydrogens (primary N) is 1. The largest absolute Gasteiger partial charge is 0.506 e. The van der Waals surface area contributed by atoms with Gasteiger partial charge in [0, 0.05) is 70.9 Å². The maximum atomic E-state index is 14.0. The number of aromatic hydroxyl groups is 1. The zero-order valence-electron chi connectivity index (χ0n) is 24.1. The predicted molar refractivity (Wildman–Crippen MR) is 171 cm³/mol. The van der Waals surface area contributed by atoms with E-state index in [1.54, 1.807) is 17.9 Å². The molecule has 0 fully saturated rings. The molecule has 3 aromatic carbocycles. The first-order chi connectivity index (χ1) is 21.2. The topological polar surface area (TPSA) is 138 Å². The summed E-state index contributed by atoms with van der Waals surface area (Å²) >= 11 is 6.40. The lowest BCUT2D eigenvalue weighted by atomic mass is 9.95. The number of nitrogens with one attached hydrogen (secondary N) is 2. The van der Waals surface area contributed by atoms with Gasteiger partial charge in [-0.1, -0.05) is 18.2 Å². The first kappa shape index (κ1) is 27.8. The van der Waals surface area contributed by atoms with Crippen molar-refractivity contribution in [1.29, 1.82) is 0 Å². The third kappa shape index (κ3) is 4.26. The Kier molecular flexibility index (Phi) is 6.51. The number of carbonyl (C=O) groups excluding carboxylic acids is 3. The van der Waals surface area contributed by atoms with Gasteiger partial charge < -0.3 is 30.8 Å². The zero-order valence-corrected chi connectivity index (χ0v) is 24.8. The van der Waals surface area contributed by atoms with Gasteiger partial charge >= 0.3 is 5.97 Å². The summed E-state index contributed by atoms with van der Waals surface area (Å²) in [6.07, 6.45) is 4.60. The van der Waals surface area contributed by atoms with E-state index < -0.39 is 5.97 Å². The number of carbonyl (C=O) groups is 3. The molecule has 2 heterocycles. The van der Waals surface area contributed by atoms with E-state index >= 15 is 0 Å². The van der Waals surface area contributed by atoms with E-state index in [4.69, 9.17) is 22.1 Å². The van der Waals surface area contributed by atoms with Crippen LogP contribution in [0, 0.1) is 6.92 Å². The molecule has 222 valence electrons. The number of rotatable bonds is 5. The number of nitrogens with zero attached hydrogens (tertiary/aromatic N) is 1. The minimum atomic E-state index is -0.533. The summed E-state index contributed by atoms with van der Waals surface area (Å²) in [5.41, 5.74) is 14.9. The first-order valence-corrected chi connectivity index (χ1v) is 14.8. The van der Waals surface area contributed by atoms with E-state index in [1.807, 2.05) is 48.6 Å². The number of anilines is 3. The van der Waals surface area contributed by atoms with Crippen molar-refractivity contribution in [2.75, 3.05) is 35.5 Å². The number of esters is 1. The summed E-state index contributed by atoms with van der Waals surface area (Å²) in [5.74, 6) is -1.05. The summed E-state index contributed by atoms with van der Waals surface area (Å²) in [6.45, 7) is 2.04. The normalized spacial score (nSPS) is 16.3. The zero-order chi connectivity index (χ0) is 30.9. The van der Waals surface area contributed by atoms with Gasteiger partial charge in [-0.25, -0.2) is 4.79 Å². The van der Waals surface area contributed by atoms with Crippen LogP contribution in [0.5, 0.6) is 5.75 Å². The molecule has 4 aromatic rings. The van der Waals surface area contributed by atoms with Crippen LogP contribution >= 0.6 is 11.6 Å². The average molecular weight is 609 g/mol. The van der Waals surface area contributed by atoms with Gasteiger partial charge in [0.05, 0.1) is 23.9 Å². The summed E-state index contributed by atoms with van der Waals surface area (Å²) < 4.78 is 5.03. The van der Waals surface area contributed by atoms with Crippen molar-refractivity contribution in [3.8, 4) is 5.75 Å². The van der Waals surface area contributed by atoms with E-state index in [9.17, 15) is 19.5 Å². The quantitative estimate of drug-likeness (QED) is 0.135. The summed E-state index contributed by atoms with van der Waals surface area (Å²) in [6, 6.07) is 12.8. The van der Waals surface area contributed by atoms with Crippen LogP contribution in [0.2, 0.25) is 0 Å². The molecule has 5 N–H and O–H groups in total. The highest BCUT2D eigenvalue weighted by atomic mass is 35.5. The number of halogens is 1. The predicted octanol–water partition coefficient (Wildman–Crippen LogP) is 5.44. The molecule has 2 amide bonds. The van der Waals surface area contributed by atoms with Crippen LogP contribution in [0.25, 0.3) is 23.1 Å². The number of ether oxygens (including phenoxy) is 1. The number of H-pyrrole nitrogens is 1. The highest BCUT2D eigenvalue weighted by molar-refractivity contribution is 6.20. The lowest BCUT2D eigenvalue weighted by Gasteiger charge is -2.19. The molecule has 0 bridgehead atoms. The van der Waals surface area contributed by atoms with Crippen molar-refractivity contribution in [2.24, 2.45) is 0 Å². The highest BCUT2D eigenvalue weighted by Crippen LogP contribution is 2.48. The van der Waals surface area contributed by atoms with Gasteiger partial charge in [-0.3, -0.25) is 9.59 Å². The number of fused-ring (bicyclic) bond motifs is 5. The fourth-order valence-corrected chi connectivity index (χ4v) is 6.94. The van der Waals surface area contributed by atoms with Crippen LogP contribution in [-0.4, -0.2) is 47.4 Å². The van der Waals surface area contributed by atoms with Gasteiger partial charge in [-0.2, -0.15) is 0 Å². The monoisotopic (exact) mass is 608 g/mol. The van der Waals surface area contributed by atoms with E-state index in [1.165, 1.54) is 7.11 Å². The number of amides is 2. The Morgan fingerprint density at radius 2 is 1.91 bits per heavy atom. The number of methoxy groups -OCH3 is 1. The van der Waals surface area contributed by atoms with E-state index in [-0.39, 0.29) is 29.4 Å². The third-order valence-corrected chi connectivity index (χ3v) is 9.18. The summed E-state index contributed by atoms with van der Waals surface area (Å²) in [7, 11) is 1.31. The number of aromatic nitrogens is 1. The van der Waals surface area contributed by atoms with Gasteiger partial charge in [0.2, 0.25) is 0 Å². The second kappa shape index (κ2) is 10.3. The van der Waals surface area contributed by atoms with Crippen LogP contribution in [0.3, 0.4) is 0 Å². The molecule has 1 aliphatic heterocycles. The van der Waals surface area contributed by atoms with E-state index in [2.05, 4.69) is 10.3 Å². The maximum absolute atomic E-state index is 14.0. The van der Waals surface area contributed by atoms with Gasteiger partial charge in [-0.05, 0) is 65.1 Å². The number of benzene rings is 3. The molecular weight excluding hydrogens is 580 g/mol. The Bertz CT molecular complexity index is 2010. The lowest BCUT2D eigenvalue weighted by molar-refractivity contribution is -0.115. The molecule has 44 heavy (non-hydrogen) atoms. The molecule has 10 heteroatoms. The number of phenolic OH excluding ortho intramolecular Hbond substituents is 1. The van der Waals surface area contributed by atoms with Crippen molar-refractivity contribution >= 4 is 69.5 Å². The van der Waals surface area contributed by atoms with Gasteiger partial charge in [-0.15, -0.1) is 11.6 Å². The Hall–Kier alpha value is -5.02. The van der Waals surface area contributed by atoms with Crippen molar-refractivity contribution < 1.29 is 24.2 Å². The fraction of sp³-hybridized carbons (Fsp3) is 0.206. The molecule has 0 spiro atoms. The smallest absolute Gasteiger partial charge is 0.340 e. The van der Waals surface area contributed by atoms with Crippen molar-refractivity contribution in [2.45, 2.75) is 25.7 Å². The molecule has 9 nitrogen and oxygen atoms in total. The van der Waals surface area contributed by atoms with Crippen molar-refractivity contribution in [1.82, 2.24) is 4.98 Å². The fourth-order valence-electron chi connectivity index (χ4n) is 6.69. The number of hydrogen-bond acceptors (Lipinski definition) is 6. The van der Waals surface area contributed by atoms with Crippen molar-refractivity contribution in [3.63, 3.8) is 0 Å². The molecular formula is C34H29ClN4O5. The molecule has 2 aliphatic carbocycles. The number of aromatic amines is 1. The molecule has 1 aromatic heterocycles. The second-order valence-electron chi connectivity index (χ2n) is 11.4. The Balaban J connectivity index is 1.16. The first-order valence-electron chi connectivity index (χ1n) is 14.3. The molecule has 1 unspecified atom stereocenters. The number of nitrogen functional groups attached to an aromatic ring is 1. The van der Waals surface area contributed by atoms with Crippen LogP contribution in [0.1, 0.15) is 49.8 Å². The van der Waals surface area contributed by atoms with Crippen LogP contribution in [0.4, 0.5) is 17.1 Å². The number of aryl methyl sites for hydroxylation is 1. The molecule has 0 saturated heterocycles. The lowest BCUT2D eigenvalue weighted by Crippen LogP contribution is -2.31. The molecule has 3 aliphatic rings. The maximum Gasteiger partial charge on any atom is 0.340 e. The third-order valence-electron chi connectivity index (χ3n) is 8.81. The highest BCUT2D eigenvalue weighted by Gasteiger charge is 2.38. The Labute approximate surface area is 257 Å². The van der Waals surface area contributed by atoms with Crippen LogP contribution in [0.15, 0.2) is 53.6 Å². The standard InChI is InChI=1S/C34H29ClN4O5/c1-16-28(34(43)44-2)30-29-22(14-35)15-39(26(29)13-27(40)31(30)37-16)33(42)21-8-17-6-7-23(11-19(17)10-21)38-32(41)20-9-18-4-3-5-25(36)24(18)12-20/h3-7,9-11,13,22,37,40H,8,12,14-15,36H2,1-2H3,(H,38,41). The molecule has 1 atom stereocenters. The summed E-state index contributed by atoms with van der Waals surface area (Å²) in [4.78, 5) is 44.5.